The second-order valence-electron chi connectivity index (χ2n) is 5.92. The van der Waals surface area contributed by atoms with Gasteiger partial charge in [0.2, 0.25) is 0 Å². The lowest BCUT2D eigenvalue weighted by molar-refractivity contribution is -0.385. The number of nitro groups is 1. The maximum absolute atomic E-state index is 13.0. The Morgan fingerprint density at radius 1 is 1.20 bits per heavy atom. The van der Waals surface area contributed by atoms with E-state index in [4.69, 9.17) is 0 Å². The van der Waals surface area contributed by atoms with Crippen molar-refractivity contribution in [2.24, 2.45) is 5.92 Å². The first-order chi connectivity index (χ1) is 11.6. The number of nitrogens with one attached hydrogen (secondary N) is 1. The van der Waals surface area contributed by atoms with Crippen LogP contribution in [0.15, 0.2) is 47.4 Å². The third-order valence-corrected chi connectivity index (χ3v) is 5.96. The van der Waals surface area contributed by atoms with Gasteiger partial charge in [-0.25, -0.2) is 8.42 Å². The first-order valence-electron chi connectivity index (χ1n) is 7.53. The fourth-order valence-corrected chi connectivity index (χ4v) is 4.23. The van der Waals surface area contributed by atoms with Crippen molar-refractivity contribution in [3.05, 3.63) is 65.1 Å². The van der Waals surface area contributed by atoms with E-state index in [1.54, 1.807) is 32.0 Å². The van der Waals surface area contributed by atoms with Crippen LogP contribution in [0.1, 0.15) is 19.4 Å². The van der Waals surface area contributed by atoms with Gasteiger partial charge in [0.1, 0.15) is 11.1 Å². The van der Waals surface area contributed by atoms with Gasteiger partial charge < -0.3 is 10.4 Å². The molecular formula is C17H19N2O5S. The number of aromatic hydroxyl groups is 1. The molecular weight excluding hydrogens is 344 g/mol. The zero-order valence-corrected chi connectivity index (χ0v) is 14.7. The summed E-state index contributed by atoms with van der Waals surface area (Å²) in [4.78, 5) is 10.1. The van der Waals surface area contributed by atoms with Gasteiger partial charge in [0.05, 0.1) is 15.5 Å². The van der Waals surface area contributed by atoms with Crippen LogP contribution in [-0.2, 0) is 9.84 Å². The Morgan fingerprint density at radius 3 is 2.44 bits per heavy atom. The Morgan fingerprint density at radius 2 is 1.84 bits per heavy atom. The number of phenolic OH excluding ortho intramolecular Hbond substituents is 1. The maximum Gasteiger partial charge on any atom is 0.270 e. The SMILES string of the molecule is [CH2]c1cccc(N[C@H](C(C)C)S(=O)(=O)c2cccc([N+](=O)[O-])c2)c1O. The van der Waals surface area contributed by atoms with Crippen molar-refractivity contribution >= 4 is 21.2 Å². The quantitative estimate of drug-likeness (QED) is 0.463. The summed E-state index contributed by atoms with van der Waals surface area (Å²) in [5.74, 6) is -0.500. The molecule has 2 aromatic carbocycles. The van der Waals surface area contributed by atoms with E-state index in [1.165, 1.54) is 18.2 Å². The van der Waals surface area contributed by atoms with Gasteiger partial charge in [0.15, 0.2) is 9.84 Å². The minimum Gasteiger partial charge on any atom is -0.505 e. The van der Waals surface area contributed by atoms with Crippen molar-refractivity contribution in [2.45, 2.75) is 24.1 Å². The molecule has 25 heavy (non-hydrogen) atoms. The van der Waals surface area contributed by atoms with Gasteiger partial charge in [-0.2, -0.15) is 0 Å². The smallest absolute Gasteiger partial charge is 0.270 e. The Labute approximate surface area is 146 Å². The zero-order valence-electron chi connectivity index (χ0n) is 13.8. The van der Waals surface area contributed by atoms with Gasteiger partial charge in [-0.05, 0) is 30.5 Å². The predicted octanol–water partition coefficient (Wildman–Crippen LogP) is 3.35. The summed E-state index contributed by atoms with van der Waals surface area (Å²) in [5, 5.41) is 22.7. The third kappa shape index (κ3) is 3.90. The highest BCUT2D eigenvalue weighted by Crippen LogP contribution is 2.31. The van der Waals surface area contributed by atoms with E-state index in [-0.39, 0.29) is 27.9 Å². The molecule has 0 bridgehead atoms. The average Bonchev–Trinajstić information content (AvgIpc) is 2.55. The molecule has 0 aliphatic rings. The Kier molecular flexibility index (Phi) is 5.32. The molecule has 0 aliphatic carbocycles. The third-order valence-electron chi connectivity index (χ3n) is 3.71. The molecule has 2 N–H and O–H groups in total. The topological polar surface area (TPSA) is 110 Å². The second kappa shape index (κ2) is 7.10. The minimum atomic E-state index is -3.93. The highest BCUT2D eigenvalue weighted by atomic mass is 32.2. The number of nitrogens with zero attached hydrogens (tertiary/aromatic N) is 1. The average molecular weight is 363 g/mol. The van der Waals surface area contributed by atoms with Crippen molar-refractivity contribution in [1.82, 2.24) is 0 Å². The van der Waals surface area contributed by atoms with Crippen molar-refractivity contribution in [2.75, 3.05) is 5.32 Å². The van der Waals surface area contributed by atoms with E-state index in [9.17, 15) is 23.6 Å². The summed E-state index contributed by atoms with van der Waals surface area (Å²) in [6, 6.07) is 9.69. The van der Waals surface area contributed by atoms with Crippen LogP contribution in [0.3, 0.4) is 0 Å². The largest absolute Gasteiger partial charge is 0.505 e. The summed E-state index contributed by atoms with van der Waals surface area (Å²) in [5.41, 5.74) is 0.298. The predicted molar refractivity (Wildman–Crippen MR) is 95.1 cm³/mol. The highest BCUT2D eigenvalue weighted by molar-refractivity contribution is 7.92. The van der Waals surface area contributed by atoms with Crippen molar-refractivity contribution in [1.29, 1.82) is 0 Å². The van der Waals surface area contributed by atoms with Crippen LogP contribution < -0.4 is 5.32 Å². The number of nitro benzene ring substituents is 1. The number of non-ortho nitro benzene ring substituents is 1. The van der Waals surface area contributed by atoms with Crippen LogP contribution in [-0.4, -0.2) is 23.8 Å². The molecule has 0 unspecified atom stereocenters. The molecule has 0 aromatic heterocycles. The highest BCUT2D eigenvalue weighted by Gasteiger charge is 2.32. The monoisotopic (exact) mass is 363 g/mol. The van der Waals surface area contributed by atoms with Crippen LogP contribution >= 0.6 is 0 Å². The van der Waals surface area contributed by atoms with Crippen LogP contribution in [0.2, 0.25) is 0 Å². The number of rotatable bonds is 6. The molecule has 0 heterocycles. The normalized spacial score (nSPS) is 12.8. The van der Waals surface area contributed by atoms with Crippen molar-refractivity contribution in [3.8, 4) is 5.75 Å². The molecule has 1 atom stereocenters. The molecule has 0 amide bonds. The molecule has 0 spiro atoms. The molecule has 7 nitrogen and oxygen atoms in total. The zero-order chi connectivity index (χ0) is 18.8. The summed E-state index contributed by atoms with van der Waals surface area (Å²) in [7, 11) is -3.93. The lowest BCUT2D eigenvalue weighted by atomic mass is 10.1. The number of hydrogen-bond donors (Lipinski definition) is 2. The molecule has 2 aromatic rings. The summed E-state index contributed by atoms with van der Waals surface area (Å²) >= 11 is 0. The lowest BCUT2D eigenvalue weighted by Crippen LogP contribution is -2.34. The fourth-order valence-electron chi connectivity index (χ4n) is 2.38. The van der Waals surface area contributed by atoms with E-state index < -0.39 is 20.1 Å². The lowest BCUT2D eigenvalue weighted by Gasteiger charge is -2.24. The molecule has 0 aliphatic heterocycles. The summed E-state index contributed by atoms with van der Waals surface area (Å²) in [6.07, 6.45) is 0. The molecule has 0 saturated carbocycles. The number of hydrogen-bond acceptors (Lipinski definition) is 6. The molecule has 0 fully saturated rings. The van der Waals surface area contributed by atoms with E-state index in [1.807, 2.05) is 0 Å². The molecule has 0 saturated heterocycles. The molecule has 2 rings (SSSR count). The molecule has 133 valence electrons. The van der Waals surface area contributed by atoms with E-state index >= 15 is 0 Å². The number of sulfone groups is 1. The standard InChI is InChI=1S/C17H19N2O5S/c1-11(2)17(18-15-9-4-6-12(3)16(15)20)25(23,24)14-8-5-7-13(10-14)19(21)22/h4-11,17-18,20H,3H2,1-2H3/t17-/m0/s1. The van der Waals surface area contributed by atoms with Crippen LogP contribution in [0.25, 0.3) is 0 Å². The van der Waals surface area contributed by atoms with Gasteiger partial charge >= 0.3 is 0 Å². The van der Waals surface area contributed by atoms with E-state index in [2.05, 4.69) is 12.2 Å². The Balaban J connectivity index is 2.47. The Bertz CT molecular complexity index is 894. The first-order valence-corrected chi connectivity index (χ1v) is 9.08. The van der Waals surface area contributed by atoms with Crippen LogP contribution in [0, 0.1) is 23.0 Å². The first kappa shape index (κ1) is 18.7. The maximum atomic E-state index is 13.0. The fraction of sp³-hybridized carbons (Fsp3) is 0.235. The van der Waals surface area contributed by atoms with Crippen LogP contribution in [0.5, 0.6) is 5.75 Å². The van der Waals surface area contributed by atoms with Crippen LogP contribution in [0.4, 0.5) is 11.4 Å². The number of anilines is 1. The second-order valence-corrected chi connectivity index (χ2v) is 7.99. The van der Waals surface area contributed by atoms with Gasteiger partial charge in [0, 0.05) is 12.1 Å². The van der Waals surface area contributed by atoms with Gasteiger partial charge in [0.25, 0.3) is 5.69 Å². The van der Waals surface area contributed by atoms with Crippen molar-refractivity contribution in [3.63, 3.8) is 0 Å². The minimum absolute atomic E-state index is 0.137. The molecule has 1 radical (unpaired) electrons. The van der Waals surface area contributed by atoms with E-state index in [0.717, 1.165) is 6.07 Å². The number of phenols is 1. The Hall–Kier alpha value is -2.61. The van der Waals surface area contributed by atoms with E-state index in [0.29, 0.717) is 5.56 Å². The van der Waals surface area contributed by atoms with Gasteiger partial charge in [-0.3, -0.25) is 10.1 Å². The van der Waals surface area contributed by atoms with Gasteiger partial charge in [-0.15, -0.1) is 0 Å². The number of para-hydroxylation sites is 1. The van der Waals surface area contributed by atoms with Crippen molar-refractivity contribution < 1.29 is 18.4 Å². The number of benzene rings is 2. The van der Waals surface area contributed by atoms with Gasteiger partial charge in [-0.1, -0.05) is 32.0 Å². The molecule has 8 heteroatoms. The summed E-state index contributed by atoms with van der Waals surface area (Å²) < 4.78 is 25.9. The summed E-state index contributed by atoms with van der Waals surface area (Å²) in [6.45, 7) is 7.08.